The number of ether oxygens (including phenoxy) is 1. The second-order valence-corrected chi connectivity index (χ2v) is 4.32. The van der Waals surface area contributed by atoms with Gasteiger partial charge in [0.2, 0.25) is 5.91 Å². The molecule has 17 heavy (non-hydrogen) atoms. The highest BCUT2D eigenvalue weighted by atomic mass is 16.5. The number of amides is 1. The van der Waals surface area contributed by atoms with Crippen LogP contribution in [-0.4, -0.2) is 19.6 Å². The number of likely N-dealkylation sites (N-methyl/N-ethyl adjacent to an activating group) is 1. The average Bonchev–Trinajstić information content (AvgIpc) is 2.69. The number of nitrogens with two attached hydrogens (primary N) is 1. The number of carbonyl (C=O) groups is 1. The fraction of sp³-hybridized carbons (Fsp3) is 0.462. The molecule has 0 fully saturated rings. The highest BCUT2D eigenvalue weighted by Crippen LogP contribution is 2.38. The van der Waals surface area contributed by atoms with E-state index in [0.29, 0.717) is 6.54 Å². The van der Waals surface area contributed by atoms with Crippen molar-refractivity contribution < 1.29 is 9.53 Å². The highest BCUT2D eigenvalue weighted by molar-refractivity contribution is 5.87. The molecule has 0 heterocycles. The Morgan fingerprint density at radius 1 is 1.59 bits per heavy atom. The maximum Gasteiger partial charge on any atom is 0.242 e. The topological polar surface area (TPSA) is 64.3 Å². The minimum atomic E-state index is -0.724. The van der Waals surface area contributed by atoms with E-state index in [1.54, 1.807) is 7.11 Å². The normalized spacial score (nSPS) is 22.2. The Labute approximate surface area is 101 Å². The molecule has 1 aromatic carbocycles. The van der Waals surface area contributed by atoms with Crippen molar-refractivity contribution in [2.24, 2.45) is 5.73 Å². The molecule has 0 saturated carbocycles. The average molecular weight is 234 g/mol. The second kappa shape index (κ2) is 4.37. The summed E-state index contributed by atoms with van der Waals surface area (Å²) in [6.07, 6.45) is 1.59. The summed E-state index contributed by atoms with van der Waals surface area (Å²) in [5.74, 6) is 0.445. The van der Waals surface area contributed by atoms with Crippen LogP contribution in [0.3, 0.4) is 0 Å². The zero-order chi connectivity index (χ0) is 12.5. The van der Waals surface area contributed by atoms with Crippen molar-refractivity contribution in [3.8, 4) is 5.75 Å². The van der Waals surface area contributed by atoms with Gasteiger partial charge in [-0.15, -0.1) is 0 Å². The van der Waals surface area contributed by atoms with Gasteiger partial charge in [0.05, 0.1) is 7.11 Å². The van der Waals surface area contributed by atoms with Crippen LogP contribution in [0.4, 0.5) is 0 Å². The molecular weight excluding hydrogens is 216 g/mol. The zero-order valence-corrected chi connectivity index (χ0v) is 10.2. The van der Waals surface area contributed by atoms with Crippen molar-refractivity contribution in [2.45, 2.75) is 25.3 Å². The third kappa shape index (κ3) is 1.78. The molecule has 0 radical (unpaired) electrons. The Morgan fingerprint density at radius 2 is 2.35 bits per heavy atom. The molecule has 92 valence electrons. The van der Waals surface area contributed by atoms with Gasteiger partial charge in [0.15, 0.2) is 0 Å². The lowest BCUT2D eigenvalue weighted by Gasteiger charge is -2.28. The van der Waals surface area contributed by atoms with Crippen LogP contribution >= 0.6 is 0 Å². The molecule has 1 aliphatic rings. The number of primary amides is 1. The van der Waals surface area contributed by atoms with Gasteiger partial charge in [-0.1, -0.05) is 13.0 Å². The quantitative estimate of drug-likeness (QED) is 0.814. The van der Waals surface area contributed by atoms with Crippen molar-refractivity contribution in [2.75, 3.05) is 13.7 Å². The third-order valence-electron chi connectivity index (χ3n) is 3.45. The van der Waals surface area contributed by atoms with Gasteiger partial charge in [-0.05, 0) is 42.6 Å². The lowest BCUT2D eigenvalue weighted by Crippen LogP contribution is -2.51. The summed E-state index contributed by atoms with van der Waals surface area (Å²) in [5, 5.41) is 3.23. The molecule has 2 rings (SSSR count). The minimum absolute atomic E-state index is 0.314. The number of nitrogens with one attached hydrogen (secondary N) is 1. The van der Waals surface area contributed by atoms with E-state index in [9.17, 15) is 4.79 Å². The molecule has 0 aliphatic heterocycles. The summed E-state index contributed by atoms with van der Waals surface area (Å²) in [4.78, 5) is 11.8. The van der Waals surface area contributed by atoms with Crippen molar-refractivity contribution in [1.82, 2.24) is 5.32 Å². The summed E-state index contributed by atoms with van der Waals surface area (Å²) in [5.41, 5.74) is 7.00. The molecule has 1 aromatic rings. The minimum Gasteiger partial charge on any atom is -0.497 e. The van der Waals surface area contributed by atoms with Gasteiger partial charge in [-0.3, -0.25) is 10.1 Å². The number of carbonyl (C=O) groups excluding carboxylic acids is 1. The smallest absolute Gasteiger partial charge is 0.242 e. The highest BCUT2D eigenvalue weighted by Gasteiger charge is 2.43. The predicted molar refractivity (Wildman–Crippen MR) is 65.9 cm³/mol. The Bertz CT molecular complexity index is 441. The first-order valence-corrected chi connectivity index (χ1v) is 5.86. The monoisotopic (exact) mass is 234 g/mol. The summed E-state index contributed by atoms with van der Waals surface area (Å²) in [7, 11) is 1.62. The molecule has 0 spiro atoms. The summed E-state index contributed by atoms with van der Waals surface area (Å²) < 4.78 is 5.21. The van der Waals surface area contributed by atoms with Crippen LogP contribution in [0.5, 0.6) is 5.75 Å². The van der Waals surface area contributed by atoms with Gasteiger partial charge < -0.3 is 10.5 Å². The molecule has 1 unspecified atom stereocenters. The van der Waals surface area contributed by atoms with Gasteiger partial charge in [0.1, 0.15) is 11.3 Å². The lowest BCUT2D eigenvalue weighted by molar-refractivity contribution is -0.124. The van der Waals surface area contributed by atoms with Crippen molar-refractivity contribution in [1.29, 1.82) is 0 Å². The van der Waals surface area contributed by atoms with Crippen LogP contribution in [0.15, 0.2) is 18.2 Å². The maximum absolute atomic E-state index is 11.8. The van der Waals surface area contributed by atoms with E-state index >= 15 is 0 Å². The van der Waals surface area contributed by atoms with E-state index in [1.807, 2.05) is 25.1 Å². The van der Waals surface area contributed by atoms with E-state index in [1.165, 1.54) is 5.56 Å². The van der Waals surface area contributed by atoms with Crippen LogP contribution in [0, 0.1) is 0 Å². The molecule has 1 amide bonds. The standard InChI is InChI=1S/C13H18N2O2/c1-3-15-13(12(14)16)7-6-9-4-5-10(17-2)8-11(9)13/h4-5,8,15H,3,6-7H2,1-2H3,(H2,14,16). The molecule has 3 N–H and O–H groups in total. The maximum atomic E-state index is 11.8. The summed E-state index contributed by atoms with van der Waals surface area (Å²) in [6, 6.07) is 5.84. The van der Waals surface area contributed by atoms with Crippen LogP contribution < -0.4 is 15.8 Å². The van der Waals surface area contributed by atoms with Gasteiger partial charge in [-0.2, -0.15) is 0 Å². The first-order chi connectivity index (χ1) is 8.14. The molecule has 1 aliphatic carbocycles. The van der Waals surface area contributed by atoms with Crippen molar-refractivity contribution >= 4 is 5.91 Å². The molecule has 4 heteroatoms. The van der Waals surface area contributed by atoms with E-state index in [0.717, 1.165) is 24.2 Å². The predicted octanol–water partition coefficient (Wildman–Crippen LogP) is 0.931. The zero-order valence-electron chi connectivity index (χ0n) is 10.2. The lowest BCUT2D eigenvalue weighted by atomic mass is 9.90. The van der Waals surface area contributed by atoms with E-state index in [2.05, 4.69) is 5.32 Å². The second-order valence-electron chi connectivity index (χ2n) is 4.32. The van der Waals surface area contributed by atoms with E-state index in [-0.39, 0.29) is 5.91 Å². The summed E-state index contributed by atoms with van der Waals surface area (Å²) >= 11 is 0. The number of hydrogen-bond acceptors (Lipinski definition) is 3. The number of rotatable bonds is 4. The first kappa shape index (κ1) is 11.9. The fourth-order valence-electron chi connectivity index (χ4n) is 2.58. The first-order valence-electron chi connectivity index (χ1n) is 5.86. The van der Waals surface area contributed by atoms with Crippen LogP contribution in [0.25, 0.3) is 0 Å². The number of fused-ring (bicyclic) bond motifs is 1. The van der Waals surface area contributed by atoms with Crippen LogP contribution in [0.1, 0.15) is 24.5 Å². The third-order valence-corrected chi connectivity index (χ3v) is 3.45. The van der Waals surface area contributed by atoms with Gasteiger partial charge in [0, 0.05) is 0 Å². The summed E-state index contributed by atoms with van der Waals surface area (Å²) in [6.45, 7) is 2.68. The SMILES string of the molecule is CCNC1(C(N)=O)CCc2ccc(OC)cc21. The Morgan fingerprint density at radius 3 is 2.94 bits per heavy atom. The number of aryl methyl sites for hydroxylation is 1. The molecule has 4 nitrogen and oxygen atoms in total. The van der Waals surface area contributed by atoms with Crippen molar-refractivity contribution in [3.63, 3.8) is 0 Å². The van der Waals surface area contributed by atoms with Gasteiger partial charge in [-0.25, -0.2) is 0 Å². The van der Waals surface area contributed by atoms with Crippen LogP contribution in [-0.2, 0) is 16.8 Å². The Hall–Kier alpha value is -1.55. The fourth-order valence-corrected chi connectivity index (χ4v) is 2.58. The number of methoxy groups -OCH3 is 1. The van der Waals surface area contributed by atoms with Crippen LogP contribution in [0.2, 0.25) is 0 Å². The van der Waals surface area contributed by atoms with Gasteiger partial charge in [0.25, 0.3) is 0 Å². The Balaban J connectivity index is 2.51. The molecular formula is C13H18N2O2. The van der Waals surface area contributed by atoms with E-state index < -0.39 is 5.54 Å². The van der Waals surface area contributed by atoms with E-state index in [4.69, 9.17) is 10.5 Å². The molecule has 0 aromatic heterocycles. The number of hydrogen-bond donors (Lipinski definition) is 2. The Kier molecular flexibility index (Phi) is 3.07. The number of benzene rings is 1. The van der Waals surface area contributed by atoms with Gasteiger partial charge >= 0.3 is 0 Å². The molecule has 0 bridgehead atoms. The molecule has 1 atom stereocenters. The van der Waals surface area contributed by atoms with Crippen molar-refractivity contribution in [3.05, 3.63) is 29.3 Å². The largest absolute Gasteiger partial charge is 0.497 e. The molecule has 0 saturated heterocycles.